The maximum atomic E-state index is 11.0. The molecule has 94 valence electrons. The molecule has 1 N–H and O–H groups in total. The van der Waals surface area contributed by atoms with Crippen LogP contribution in [0.2, 0.25) is 0 Å². The van der Waals surface area contributed by atoms with Gasteiger partial charge in [-0.05, 0) is 42.9 Å². The maximum absolute atomic E-state index is 11.0. The number of carbonyl (C=O) groups excluding carboxylic acids is 1. The summed E-state index contributed by atoms with van der Waals surface area (Å²) in [6.07, 6.45) is 8.76. The van der Waals surface area contributed by atoms with E-state index in [0.717, 1.165) is 12.8 Å². The fraction of sp³-hybridized carbons (Fsp3) is 0.643. The Labute approximate surface area is 102 Å². The van der Waals surface area contributed by atoms with Crippen molar-refractivity contribution in [3.05, 3.63) is 24.8 Å². The lowest BCUT2D eigenvalue weighted by Crippen LogP contribution is -2.22. The lowest BCUT2D eigenvalue weighted by Gasteiger charge is -2.27. The molecule has 0 amide bonds. The molecule has 0 aromatic rings. The van der Waals surface area contributed by atoms with Gasteiger partial charge in [0.15, 0.2) is 0 Å². The second kappa shape index (κ2) is 5.50. The molecule has 3 nitrogen and oxygen atoms in total. The number of aliphatic hydroxyl groups is 1. The van der Waals surface area contributed by atoms with E-state index >= 15 is 0 Å². The summed E-state index contributed by atoms with van der Waals surface area (Å²) in [5, 5.41) is 9.10. The van der Waals surface area contributed by atoms with Crippen LogP contribution in [0.25, 0.3) is 0 Å². The van der Waals surface area contributed by atoms with E-state index in [2.05, 4.69) is 18.7 Å². The molecule has 0 aromatic carbocycles. The highest BCUT2D eigenvalue weighted by molar-refractivity contribution is 5.81. The van der Waals surface area contributed by atoms with Gasteiger partial charge < -0.3 is 9.84 Å². The van der Waals surface area contributed by atoms with Crippen molar-refractivity contribution in [3.63, 3.8) is 0 Å². The van der Waals surface area contributed by atoms with Crippen LogP contribution in [0.1, 0.15) is 19.3 Å². The molecule has 0 aliphatic heterocycles. The lowest BCUT2D eigenvalue weighted by molar-refractivity contribution is -0.138. The number of rotatable bonds is 6. The summed E-state index contributed by atoms with van der Waals surface area (Å²) in [7, 11) is 0. The Hall–Kier alpha value is -1.09. The standard InChI is InChI=1S/C14H20O3/c1-2-14(16)17-8-6-13-11-4-3-10(9-11)12(13)5-7-15/h2-4,10-13,15H,1,5-9H2. The number of aliphatic hydroxyl groups excluding tert-OH is 1. The number of ether oxygens (including phenoxy) is 1. The van der Waals surface area contributed by atoms with Crippen LogP contribution in [0, 0.1) is 23.7 Å². The van der Waals surface area contributed by atoms with E-state index in [1.807, 2.05) is 0 Å². The van der Waals surface area contributed by atoms with Crippen molar-refractivity contribution in [2.75, 3.05) is 13.2 Å². The molecular weight excluding hydrogens is 216 g/mol. The van der Waals surface area contributed by atoms with E-state index in [-0.39, 0.29) is 12.6 Å². The van der Waals surface area contributed by atoms with E-state index in [1.54, 1.807) is 0 Å². The average Bonchev–Trinajstić information content (AvgIpc) is 2.91. The van der Waals surface area contributed by atoms with Crippen molar-refractivity contribution in [3.8, 4) is 0 Å². The SMILES string of the molecule is C=CC(=O)OCCC1C2C=CC(C2)C1CCO. The lowest BCUT2D eigenvalue weighted by atomic mass is 9.79. The van der Waals surface area contributed by atoms with E-state index in [4.69, 9.17) is 9.84 Å². The topological polar surface area (TPSA) is 46.5 Å². The predicted molar refractivity (Wildman–Crippen MR) is 65.2 cm³/mol. The molecule has 17 heavy (non-hydrogen) atoms. The normalized spacial score (nSPS) is 33.9. The second-order valence-electron chi connectivity index (χ2n) is 4.95. The fourth-order valence-corrected chi connectivity index (χ4v) is 3.39. The van der Waals surface area contributed by atoms with Crippen LogP contribution in [-0.4, -0.2) is 24.3 Å². The highest BCUT2D eigenvalue weighted by atomic mass is 16.5. The molecule has 2 bridgehead atoms. The fourth-order valence-electron chi connectivity index (χ4n) is 3.39. The molecule has 2 rings (SSSR count). The summed E-state index contributed by atoms with van der Waals surface area (Å²) in [6.45, 7) is 4.10. The van der Waals surface area contributed by atoms with Gasteiger partial charge in [-0.1, -0.05) is 18.7 Å². The Morgan fingerprint density at radius 1 is 1.35 bits per heavy atom. The molecular formula is C14H20O3. The summed E-state index contributed by atoms with van der Waals surface area (Å²) in [5.41, 5.74) is 0. The van der Waals surface area contributed by atoms with Crippen molar-refractivity contribution in [2.24, 2.45) is 23.7 Å². The Morgan fingerprint density at radius 2 is 2.00 bits per heavy atom. The molecule has 2 aliphatic carbocycles. The van der Waals surface area contributed by atoms with Crippen molar-refractivity contribution in [1.29, 1.82) is 0 Å². The minimum absolute atomic E-state index is 0.255. The molecule has 4 atom stereocenters. The van der Waals surface area contributed by atoms with Crippen LogP contribution in [-0.2, 0) is 9.53 Å². The van der Waals surface area contributed by atoms with Crippen molar-refractivity contribution in [2.45, 2.75) is 19.3 Å². The van der Waals surface area contributed by atoms with Crippen molar-refractivity contribution in [1.82, 2.24) is 0 Å². The van der Waals surface area contributed by atoms with Crippen LogP contribution in [0.15, 0.2) is 24.8 Å². The molecule has 2 aliphatic rings. The third kappa shape index (κ3) is 2.60. The quantitative estimate of drug-likeness (QED) is 0.435. The number of hydrogen-bond donors (Lipinski definition) is 1. The Morgan fingerprint density at radius 3 is 2.59 bits per heavy atom. The van der Waals surface area contributed by atoms with Crippen LogP contribution < -0.4 is 0 Å². The van der Waals surface area contributed by atoms with E-state index in [9.17, 15) is 4.79 Å². The third-order valence-electron chi connectivity index (χ3n) is 4.12. The van der Waals surface area contributed by atoms with Gasteiger partial charge in [-0.3, -0.25) is 0 Å². The second-order valence-corrected chi connectivity index (χ2v) is 4.95. The number of hydrogen-bond acceptors (Lipinski definition) is 3. The number of allylic oxidation sites excluding steroid dienone is 2. The predicted octanol–water partition coefficient (Wildman–Crippen LogP) is 1.93. The summed E-state index contributed by atoms with van der Waals surface area (Å²) < 4.78 is 5.04. The van der Waals surface area contributed by atoms with Gasteiger partial charge in [-0.15, -0.1) is 0 Å². The minimum atomic E-state index is -0.345. The number of carbonyl (C=O) groups is 1. The van der Waals surface area contributed by atoms with Crippen molar-refractivity contribution < 1.29 is 14.6 Å². The summed E-state index contributed by atoms with van der Waals surface area (Å²) in [5.74, 6) is 2.04. The highest BCUT2D eigenvalue weighted by Crippen LogP contribution is 2.50. The number of fused-ring (bicyclic) bond motifs is 2. The zero-order chi connectivity index (χ0) is 12.3. The zero-order valence-electron chi connectivity index (χ0n) is 10.0. The minimum Gasteiger partial charge on any atom is -0.463 e. The average molecular weight is 236 g/mol. The highest BCUT2D eigenvalue weighted by Gasteiger charge is 2.43. The molecule has 0 radical (unpaired) electrons. The zero-order valence-corrected chi connectivity index (χ0v) is 10.0. The summed E-state index contributed by atoms with van der Waals surface area (Å²) >= 11 is 0. The summed E-state index contributed by atoms with van der Waals surface area (Å²) in [4.78, 5) is 11.0. The molecule has 0 heterocycles. The van der Waals surface area contributed by atoms with E-state index in [1.165, 1.54) is 12.5 Å². The van der Waals surface area contributed by atoms with Crippen LogP contribution >= 0.6 is 0 Å². The van der Waals surface area contributed by atoms with Crippen molar-refractivity contribution >= 4 is 5.97 Å². The molecule has 1 saturated carbocycles. The first-order valence-corrected chi connectivity index (χ1v) is 6.34. The van der Waals surface area contributed by atoms with Gasteiger partial charge in [0.05, 0.1) is 6.61 Å². The van der Waals surface area contributed by atoms with Gasteiger partial charge in [0.2, 0.25) is 0 Å². The molecule has 0 saturated heterocycles. The van der Waals surface area contributed by atoms with Gasteiger partial charge in [0.1, 0.15) is 0 Å². The largest absolute Gasteiger partial charge is 0.463 e. The van der Waals surface area contributed by atoms with E-state index < -0.39 is 0 Å². The molecule has 4 unspecified atom stereocenters. The van der Waals surface area contributed by atoms with Gasteiger partial charge in [0, 0.05) is 12.7 Å². The van der Waals surface area contributed by atoms with Crippen LogP contribution in [0.5, 0.6) is 0 Å². The monoisotopic (exact) mass is 236 g/mol. The first-order chi connectivity index (χ1) is 8.26. The smallest absolute Gasteiger partial charge is 0.330 e. The van der Waals surface area contributed by atoms with Gasteiger partial charge in [0.25, 0.3) is 0 Å². The Bertz CT molecular complexity index is 321. The number of esters is 1. The van der Waals surface area contributed by atoms with Crippen LogP contribution in [0.3, 0.4) is 0 Å². The molecule has 0 aromatic heterocycles. The van der Waals surface area contributed by atoms with Gasteiger partial charge in [-0.2, -0.15) is 0 Å². The Kier molecular flexibility index (Phi) is 4.00. The first kappa shape index (κ1) is 12.4. The summed E-state index contributed by atoms with van der Waals surface area (Å²) in [6, 6.07) is 0. The third-order valence-corrected chi connectivity index (χ3v) is 4.12. The van der Waals surface area contributed by atoms with Gasteiger partial charge >= 0.3 is 5.97 Å². The first-order valence-electron chi connectivity index (χ1n) is 6.34. The molecule has 0 spiro atoms. The van der Waals surface area contributed by atoms with Crippen LogP contribution in [0.4, 0.5) is 0 Å². The Balaban J connectivity index is 1.84. The molecule has 3 heteroatoms. The van der Waals surface area contributed by atoms with Gasteiger partial charge in [-0.25, -0.2) is 4.79 Å². The maximum Gasteiger partial charge on any atom is 0.330 e. The molecule has 1 fully saturated rings. The van der Waals surface area contributed by atoms with E-state index in [0.29, 0.717) is 30.3 Å².